The lowest BCUT2D eigenvalue weighted by Crippen LogP contribution is -2.42. The zero-order valence-electron chi connectivity index (χ0n) is 15.8. The first kappa shape index (κ1) is 21.7. The Kier molecular flexibility index (Phi) is 7.25. The van der Waals surface area contributed by atoms with Gasteiger partial charge < -0.3 is 10.6 Å². The van der Waals surface area contributed by atoms with Crippen LogP contribution < -0.4 is 10.6 Å². The molecule has 0 unspecified atom stereocenters. The van der Waals surface area contributed by atoms with Crippen LogP contribution in [0.4, 0.5) is 0 Å². The highest BCUT2D eigenvalue weighted by atomic mass is 35.5. The van der Waals surface area contributed by atoms with Crippen molar-refractivity contribution in [3.05, 3.63) is 28.8 Å². The summed E-state index contributed by atoms with van der Waals surface area (Å²) < 4.78 is 27.5. The third-order valence-corrected chi connectivity index (χ3v) is 6.60. The molecule has 0 aliphatic carbocycles. The van der Waals surface area contributed by atoms with E-state index in [0.29, 0.717) is 13.1 Å². The Morgan fingerprint density at radius 1 is 1.15 bits per heavy atom. The summed E-state index contributed by atoms with van der Waals surface area (Å²) >= 11 is 6.10. The molecule has 2 amide bonds. The Morgan fingerprint density at radius 3 is 2.33 bits per heavy atom. The zero-order chi connectivity index (χ0) is 20.2. The Balaban J connectivity index is 2.18. The number of nitrogens with zero attached hydrogens (tertiary/aromatic N) is 1. The average Bonchev–Trinajstić information content (AvgIpc) is 2.57. The highest BCUT2D eigenvalue weighted by molar-refractivity contribution is 7.89. The van der Waals surface area contributed by atoms with E-state index in [0.717, 1.165) is 6.42 Å². The van der Waals surface area contributed by atoms with E-state index in [2.05, 4.69) is 10.6 Å². The molecule has 9 heteroatoms. The molecule has 0 bridgehead atoms. The standard InChI is InChI=1S/C18H26ClN3O4S/c1-12-8-13(2)11-22(10-12)27(25,26)15-4-5-17(19)16(9-15)18(24)21-7-6-20-14(3)23/h4-5,9,12-13H,6-8,10-11H2,1-3H3,(H,20,23)(H,21,24)/t12-,13+. The van der Waals surface area contributed by atoms with Gasteiger partial charge in [-0.2, -0.15) is 4.31 Å². The summed E-state index contributed by atoms with van der Waals surface area (Å²) in [5.41, 5.74) is 0.0960. The summed E-state index contributed by atoms with van der Waals surface area (Å²) in [5.74, 6) is -0.108. The van der Waals surface area contributed by atoms with Crippen LogP contribution in [-0.2, 0) is 14.8 Å². The molecule has 0 aromatic heterocycles. The van der Waals surface area contributed by atoms with Crippen LogP contribution in [0.25, 0.3) is 0 Å². The van der Waals surface area contributed by atoms with E-state index in [-0.39, 0.29) is 46.3 Å². The van der Waals surface area contributed by atoms with Crippen LogP contribution in [-0.4, -0.2) is 50.7 Å². The van der Waals surface area contributed by atoms with Crippen molar-refractivity contribution in [2.75, 3.05) is 26.2 Å². The van der Waals surface area contributed by atoms with Crippen LogP contribution in [0.2, 0.25) is 5.02 Å². The van der Waals surface area contributed by atoms with Crippen LogP contribution in [0.15, 0.2) is 23.1 Å². The van der Waals surface area contributed by atoms with E-state index in [1.54, 1.807) is 0 Å². The highest BCUT2D eigenvalue weighted by Gasteiger charge is 2.32. The Hall–Kier alpha value is -1.64. The molecule has 27 heavy (non-hydrogen) atoms. The van der Waals surface area contributed by atoms with E-state index in [1.807, 2.05) is 13.8 Å². The van der Waals surface area contributed by atoms with Gasteiger partial charge in [-0.1, -0.05) is 25.4 Å². The maximum absolute atomic E-state index is 13.0. The molecule has 2 atom stereocenters. The van der Waals surface area contributed by atoms with Crippen LogP contribution in [0, 0.1) is 11.8 Å². The lowest BCUT2D eigenvalue weighted by atomic mass is 9.94. The summed E-state index contributed by atoms with van der Waals surface area (Å²) in [6, 6.07) is 4.17. The number of hydrogen-bond acceptors (Lipinski definition) is 4. The highest BCUT2D eigenvalue weighted by Crippen LogP contribution is 2.28. The minimum Gasteiger partial charge on any atom is -0.355 e. The molecule has 1 aromatic rings. The molecule has 2 rings (SSSR count). The maximum Gasteiger partial charge on any atom is 0.252 e. The molecule has 1 saturated heterocycles. The fourth-order valence-corrected chi connectivity index (χ4v) is 5.21. The smallest absolute Gasteiger partial charge is 0.252 e. The van der Waals surface area contributed by atoms with E-state index in [9.17, 15) is 18.0 Å². The molecular weight excluding hydrogens is 390 g/mol. The second-order valence-electron chi connectivity index (χ2n) is 7.15. The van der Waals surface area contributed by atoms with Gasteiger partial charge in [0.05, 0.1) is 15.5 Å². The zero-order valence-corrected chi connectivity index (χ0v) is 17.4. The van der Waals surface area contributed by atoms with Gasteiger partial charge in [-0.25, -0.2) is 8.42 Å². The fraction of sp³-hybridized carbons (Fsp3) is 0.556. The first-order valence-corrected chi connectivity index (χ1v) is 10.8. The third-order valence-electron chi connectivity index (χ3n) is 4.44. The first-order valence-electron chi connectivity index (χ1n) is 8.93. The van der Waals surface area contributed by atoms with Crippen molar-refractivity contribution in [3.8, 4) is 0 Å². The van der Waals surface area contributed by atoms with Gasteiger partial charge >= 0.3 is 0 Å². The van der Waals surface area contributed by atoms with Gasteiger partial charge in [0, 0.05) is 33.1 Å². The van der Waals surface area contributed by atoms with Crippen molar-refractivity contribution in [1.29, 1.82) is 0 Å². The van der Waals surface area contributed by atoms with Crippen molar-refractivity contribution < 1.29 is 18.0 Å². The van der Waals surface area contributed by atoms with Crippen molar-refractivity contribution in [3.63, 3.8) is 0 Å². The first-order chi connectivity index (χ1) is 12.6. The van der Waals surface area contributed by atoms with Crippen LogP contribution in [0.1, 0.15) is 37.6 Å². The largest absolute Gasteiger partial charge is 0.355 e. The Labute approximate surface area is 165 Å². The fourth-order valence-electron chi connectivity index (χ4n) is 3.30. The summed E-state index contributed by atoms with van der Waals surface area (Å²) in [6.07, 6.45) is 0.995. The molecule has 1 aromatic carbocycles. The number of carbonyl (C=O) groups is 2. The summed E-state index contributed by atoms with van der Waals surface area (Å²) in [7, 11) is -3.70. The Morgan fingerprint density at radius 2 is 1.74 bits per heavy atom. The minimum absolute atomic E-state index is 0.0558. The van der Waals surface area contributed by atoms with Crippen molar-refractivity contribution >= 4 is 33.4 Å². The number of hydrogen-bond donors (Lipinski definition) is 2. The lowest BCUT2D eigenvalue weighted by Gasteiger charge is -2.34. The second kappa shape index (κ2) is 9.03. The van der Waals surface area contributed by atoms with Crippen LogP contribution in [0.5, 0.6) is 0 Å². The quantitative estimate of drug-likeness (QED) is 0.693. The van der Waals surface area contributed by atoms with E-state index in [4.69, 9.17) is 11.6 Å². The summed E-state index contributed by atoms with van der Waals surface area (Å²) in [5, 5.41) is 5.36. The number of piperidine rings is 1. The molecule has 150 valence electrons. The SMILES string of the molecule is CC(=O)NCCNC(=O)c1cc(S(=O)(=O)N2C[C@H](C)C[C@H](C)C2)ccc1Cl. The normalized spacial score (nSPS) is 20.9. The van der Waals surface area contributed by atoms with E-state index in [1.165, 1.54) is 29.4 Å². The monoisotopic (exact) mass is 415 g/mol. The number of halogens is 1. The van der Waals surface area contributed by atoms with Crippen molar-refractivity contribution in [2.24, 2.45) is 11.8 Å². The average molecular weight is 416 g/mol. The van der Waals surface area contributed by atoms with Gasteiger partial charge in [-0.05, 0) is 36.5 Å². The van der Waals surface area contributed by atoms with Crippen LogP contribution >= 0.6 is 11.6 Å². The van der Waals surface area contributed by atoms with Gasteiger partial charge in [0.25, 0.3) is 5.91 Å². The van der Waals surface area contributed by atoms with Gasteiger partial charge in [0.15, 0.2) is 0 Å². The van der Waals surface area contributed by atoms with Crippen LogP contribution in [0.3, 0.4) is 0 Å². The van der Waals surface area contributed by atoms with Gasteiger partial charge in [0.1, 0.15) is 0 Å². The van der Waals surface area contributed by atoms with Crippen molar-refractivity contribution in [1.82, 2.24) is 14.9 Å². The van der Waals surface area contributed by atoms with Crippen molar-refractivity contribution in [2.45, 2.75) is 32.1 Å². The molecular formula is C18H26ClN3O4S. The predicted molar refractivity (Wildman–Crippen MR) is 104 cm³/mol. The molecule has 7 nitrogen and oxygen atoms in total. The number of rotatable bonds is 6. The van der Waals surface area contributed by atoms with Gasteiger partial charge in [0.2, 0.25) is 15.9 Å². The maximum atomic E-state index is 13.0. The summed E-state index contributed by atoms with van der Waals surface area (Å²) in [6.45, 7) is 6.88. The Bertz CT molecular complexity index is 803. The number of nitrogens with one attached hydrogen (secondary N) is 2. The topological polar surface area (TPSA) is 95.6 Å². The number of benzene rings is 1. The number of amides is 2. The molecule has 0 saturated carbocycles. The van der Waals surface area contributed by atoms with Gasteiger partial charge in [-0.3, -0.25) is 9.59 Å². The molecule has 2 N–H and O–H groups in total. The molecule has 0 spiro atoms. The molecule has 1 fully saturated rings. The third kappa shape index (κ3) is 5.67. The van der Waals surface area contributed by atoms with Gasteiger partial charge in [-0.15, -0.1) is 0 Å². The summed E-state index contributed by atoms with van der Waals surface area (Å²) in [4.78, 5) is 23.3. The lowest BCUT2D eigenvalue weighted by molar-refractivity contribution is -0.118. The molecule has 0 radical (unpaired) electrons. The molecule has 1 aliphatic heterocycles. The van der Waals surface area contributed by atoms with E-state index < -0.39 is 15.9 Å². The molecule has 1 aliphatic rings. The van der Waals surface area contributed by atoms with E-state index >= 15 is 0 Å². The molecule has 1 heterocycles. The number of carbonyl (C=O) groups excluding carboxylic acids is 2. The number of sulfonamides is 1. The predicted octanol–water partition coefficient (Wildman–Crippen LogP) is 1.87. The second-order valence-corrected chi connectivity index (χ2v) is 9.49. The minimum atomic E-state index is -3.70.